The number of ether oxygens (including phenoxy) is 2. The van der Waals surface area contributed by atoms with Gasteiger partial charge in [-0.2, -0.15) is 0 Å². The second-order valence-corrected chi connectivity index (χ2v) is 7.06. The van der Waals surface area contributed by atoms with E-state index in [1.165, 1.54) is 0 Å². The van der Waals surface area contributed by atoms with Crippen molar-refractivity contribution in [2.45, 2.75) is 38.9 Å². The third kappa shape index (κ3) is 3.87. The minimum absolute atomic E-state index is 0.0256. The van der Waals surface area contributed by atoms with Crippen LogP contribution in [0.2, 0.25) is 5.02 Å². The molecule has 132 valence electrons. The van der Waals surface area contributed by atoms with E-state index in [-0.39, 0.29) is 17.2 Å². The van der Waals surface area contributed by atoms with Crippen molar-refractivity contribution in [1.29, 1.82) is 0 Å². The highest BCUT2D eigenvalue weighted by Gasteiger charge is 2.26. The smallest absolute Gasteiger partial charge is 0.338 e. The highest BCUT2D eigenvalue weighted by Crippen LogP contribution is 2.35. The van der Waals surface area contributed by atoms with Gasteiger partial charge in [0.2, 0.25) is 0 Å². The molecule has 1 aliphatic heterocycles. The molecule has 0 bridgehead atoms. The van der Waals surface area contributed by atoms with Gasteiger partial charge in [-0.05, 0) is 50.5 Å². The summed E-state index contributed by atoms with van der Waals surface area (Å²) in [6.45, 7) is 4.10. The molecule has 0 atom stereocenters. The molecule has 2 aromatic rings. The van der Waals surface area contributed by atoms with E-state index < -0.39 is 17.3 Å². The van der Waals surface area contributed by atoms with Gasteiger partial charge in [0.15, 0.2) is 0 Å². The summed E-state index contributed by atoms with van der Waals surface area (Å²) >= 11 is 6.03. The van der Waals surface area contributed by atoms with Gasteiger partial charge in [-0.25, -0.2) is 9.18 Å². The number of hydrogen-bond acceptors (Lipinski definition) is 3. The van der Waals surface area contributed by atoms with Crippen LogP contribution in [0.4, 0.5) is 4.39 Å². The predicted octanol–water partition coefficient (Wildman–Crippen LogP) is 4.86. The van der Waals surface area contributed by atoms with E-state index in [0.717, 1.165) is 36.3 Å². The summed E-state index contributed by atoms with van der Waals surface area (Å²) in [4.78, 5) is 10.9. The van der Waals surface area contributed by atoms with Crippen molar-refractivity contribution >= 4 is 17.6 Å². The van der Waals surface area contributed by atoms with Crippen molar-refractivity contribution in [1.82, 2.24) is 0 Å². The first-order valence-electron chi connectivity index (χ1n) is 7.91. The zero-order valence-corrected chi connectivity index (χ0v) is 14.7. The molecule has 0 spiro atoms. The maximum atomic E-state index is 13.8. The van der Waals surface area contributed by atoms with Crippen molar-refractivity contribution < 1.29 is 23.8 Å². The Kier molecular flexibility index (Phi) is 4.60. The average Bonchev–Trinajstić information content (AvgIpc) is 2.53. The van der Waals surface area contributed by atoms with Crippen LogP contribution in [0, 0.1) is 5.82 Å². The van der Waals surface area contributed by atoms with Gasteiger partial charge in [0.1, 0.15) is 29.5 Å². The van der Waals surface area contributed by atoms with Gasteiger partial charge in [-0.15, -0.1) is 0 Å². The van der Waals surface area contributed by atoms with Gasteiger partial charge in [0, 0.05) is 16.7 Å². The third-order valence-electron chi connectivity index (χ3n) is 4.18. The molecule has 0 saturated heterocycles. The van der Waals surface area contributed by atoms with Gasteiger partial charge in [0.05, 0.1) is 5.56 Å². The average molecular weight is 365 g/mol. The topological polar surface area (TPSA) is 55.8 Å². The Balaban J connectivity index is 1.76. The number of carboxylic acids is 1. The number of carboxylic acid groups (broad SMARTS) is 1. The molecule has 25 heavy (non-hydrogen) atoms. The summed E-state index contributed by atoms with van der Waals surface area (Å²) in [5, 5.41) is 9.05. The lowest BCUT2D eigenvalue weighted by atomic mass is 9.94. The van der Waals surface area contributed by atoms with Crippen LogP contribution in [0.3, 0.4) is 0 Å². The Morgan fingerprint density at radius 3 is 2.84 bits per heavy atom. The molecule has 1 N–H and O–H groups in total. The number of halogens is 2. The Labute approximate surface area is 150 Å². The quantitative estimate of drug-likeness (QED) is 0.841. The molecule has 4 nitrogen and oxygen atoms in total. The molecular formula is C19H18ClFO4. The summed E-state index contributed by atoms with van der Waals surface area (Å²) < 4.78 is 25.5. The van der Waals surface area contributed by atoms with Gasteiger partial charge in [-0.1, -0.05) is 17.7 Å². The van der Waals surface area contributed by atoms with E-state index in [0.29, 0.717) is 11.3 Å². The summed E-state index contributed by atoms with van der Waals surface area (Å²) in [6.07, 6.45) is 1.89. The van der Waals surface area contributed by atoms with Crippen LogP contribution in [-0.4, -0.2) is 16.7 Å². The molecule has 0 aliphatic carbocycles. The lowest BCUT2D eigenvalue weighted by Gasteiger charge is -2.32. The Bertz CT molecular complexity index is 832. The number of hydrogen-bond donors (Lipinski definition) is 1. The molecule has 0 saturated carbocycles. The molecule has 0 radical (unpaired) electrons. The number of rotatable bonds is 4. The molecule has 0 aromatic heterocycles. The van der Waals surface area contributed by atoms with Crippen molar-refractivity contribution in [3.8, 4) is 11.5 Å². The summed E-state index contributed by atoms with van der Waals surface area (Å²) in [5.41, 5.74) is 0.827. The van der Waals surface area contributed by atoms with E-state index in [2.05, 4.69) is 0 Å². The number of carbonyl (C=O) groups is 1. The zero-order valence-electron chi connectivity index (χ0n) is 13.9. The number of aryl methyl sites for hydroxylation is 1. The largest absolute Gasteiger partial charge is 0.489 e. The SMILES string of the molecule is CC1(C)CCc2ccc(OCc3cc(F)c(C(=O)O)cc3Cl)cc2O1. The minimum Gasteiger partial charge on any atom is -0.489 e. The summed E-state index contributed by atoms with van der Waals surface area (Å²) in [7, 11) is 0. The molecule has 3 rings (SSSR count). The maximum absolute atomic E-state index is 13.8. The molecule has 6 heteroatoms. The van der Waals surface area contributed by atoms with Crippen molar-refractivity contribution in [2.75, 3.05) is 0 Å². The van der Waals surface area contributed by atoms with E-state index in [4.69, 9.17) is 26.2 Å². The minimum atomic E-state index is -1.36. The van der Waals surface area contributed by atoms with E-state index >= 15 is 0 Å². The molecular weight excluding hydrogens is 347 g/mol. The van der Waals surface area contributed by atoms with Crippen LogP contribution in [0.25, 0.3) is 0 Å². The third-order valence-corrected chi connectivity index (χ3v) is 4.53. The number of aromatic carboxylic acids is 1. The Hall–Kier alpha value is -2.27. The first kappa shape index (κ1) is 17.5. The second-order valence-electron chi connectivity index (χ2n) is 6.65. The highest BCUT2D eigenvalue weighted by molar-refractivity contribution is 6.31. The molecule has 1 aliphatic rings. The first-order chi connectivity index (χ1) is 11.7. The fourth-order valence-electron chi connectivity index (χ4n) is 2.73. The van der Waals surface area contributed by atoms with Crippen LogP contribution in [-0.2, 0) is 13.0 Å². The predicted molar refractivity (Wildman–Crippen MR) is 92.2 cm³/mol. The molecule has 0 unspecified atom stereocenters. The van der Waals surface area contributed by atoms with Gasteiger partial charge in [-0.3, -0.25) is 0 Å². The lowest BCUT2D eigenvalue weighted by Crippen LogP contribution is -2.32. The summed E-state index contributed by atoms with van der Waals surface area (Å²) in [5.74, 6) is -0.838. The van der Waals surface area contributed by atoms with Crippen LogP contribution >= 0.6 is 11.6 Å². The van der Waals surface area contributed by atoms with Gasteiger partial charge in [0.25, 0.3) is 0 Å². The van der Waals surface area contributed by atoms with Crippen LogP contribution in [0.15, 0.2) is 30.3 Å². The van der Waals surface area contributed by atoms with Crippen LogP contribution < -0.4 is 9.47 Å². The lowest BCUT2D eigenvalue weighted by molar-refractivity contribution is 0.0691. The van der Waals surface area contributed by atoms with Gasteiger partial charge >= 0.3 is 5.97 Å². The fraction of sp³-hybridized carbons (Fsp3) is 0.316. The Morgan fingerprint density at radius 1 is 1.36 bits per heavy atom. The standard InChI is InChI=1S/C19H18ClFO4/c1-19(2)6-5-11-3-4-13(8-17(11)25-19)24-10-12-7-16(21)14(18(22)23)9-15(12)20/h3-4,7-9H,5-6,10H2,1-2H3,(H,22,23). The van der Waals surface area contributed by atoms with Crippen LogP contribution in [0.5, 0.6) is 11.5 Å². The zero-order chi connectivity index (χ0) is 18.2. The molecule has 2 aromatic carbocycles. The van der Waals surface area contributed by atoms with Crippen LogP contribution in [0.1, 0.15) is 41.8 Å². The van der Waals surface area contributed by atoms with E-state index in [9.17, 15) is 9.18 Å². The van der Waals surface area contributed by atoms with Gasteiger partial charge < -0.3 is 14.6 Å². The van der Waals surface area contributed by atoms with Crippen molar-refractivity contribution in [3.05, 3.63) is 57.9 Å². The number of benzene rings is 2. The first-order valence-corrected chi connectivity index (χ1v) is 8.29. The Morgan fingerprint density at radius 2 is 2.12 bits per heavy atom. The normalized spacial score (nSPS) is 15.2. The second kappa shape index (κ2) is 6.56. The fourth-order valence-corrected chi connectivity index (χ4v) is 2.95. The maximum Gasteiger partial charge on any atom is 0.338 e. The molecule has 1 heterocycles. The van der Waals surface area contributed by atoms with E-state index in [1.54, 1.807) is 0 Å². The monoisotopic (exact) mass is 364 g/mol. The van der Waals surface area contributed by atoms with Crippen molar-refractivity contribution in [3.63, 3.8) is 0 Å². The van der Waals surface area contributed by atoms with E-state index in [1.807, 2.05) is 32.0 Å². The van der Waals surface area contributed by atoms with Crippen molar-refractivity contribution in [2.24, 2.45) is 0 Å². The molecule has 0 fully saturated rings. The summed E-state index contributed by atoms with van der Waals surface area (Å²) in [6, 6.07) is 7.78. The highest BCUT2D eigenvalue weighted by atomic mass is 35.5. The molecule has 0 amide bonds. The number of fused-ring (bicyclic) bond motifs is 1.